The van der Waals surface area contributed by atoms with Crippen molar-refractivity contribution in [1.29, 1.82) is 0 Å². The summed E-state index contributed by atoms with van der Waals surface area (Å²) in [5.41, 5.74) is -0.553. The van der Waals surface area contributed by atoms with Gasteiger partial charge in [0.1, 0.15) is 10.7 Å². The first-order valence-corrected chi connectivity index (χ1v) is 4.66. The number of hydrogen-bond donors (Lipinski definition) is 0. The summed E-state index contributed by atoms with van der Waals surface area (Å²) >= 11 is 5.75. The predicted octanol–water partition coefficient (Wildman–Crippen LogP) is 2.24. The van der Waals surface area contributed by atoms with Crippen LogP contribution in [-0.4, -0.2) is 26.3 Å². The van der Waals surface area contributed by atoms with Crippen LogP contribution in [-0.2, 0) is 9.53 Å². The molecule has 7 heteroatoms. The topological polar surface area (TPSA) is 65.0 Å². The molecular formula is C10H7ClFNO4. The van der Waals surface area contributed by atoms with Gasteiger partial charge in [-0.2, -0.15) is 4.99 Å². The minimum Gasteiger partial charge on any atom is -0.492 e. The number of ether oxygens (including phenoxy) is 2. The second kappa shape index (κ2) is 5.43. The van der Waals surface area contributed by atoms with Crippen molar-refractivity contribution in [2.24, 2.45) is 4.99 Å². The van der Waals surface area contributed by atoms with Gasteiger partial charge in [-0.3, -0.25) is 0 Å². The maximum Gasteiger partial charge on any atom is 0.339 e. The molecule has 1 rings (SSSR count). The quantitative estimate of drug-likeness (QED) is 0.474. The highest BCUT2D eigenvalue weighted by Crippen LogP contribution is 2.37. The van der Waals surface area contributed by atoms with E-state index in [4.69, 9.17) is 16.3 Å². The lowest BCUT2D eigenvalue weighted by Crippen LogP contribution is -2.04. The highest BCUT2D eigenvalue weighted by atomic mass is 35.5. The number of carbonyl (C=O) groups is 1. The Morgan fingerprint density at radius 2 is 2.18 bits per heavy atom. The molecule has 0 saturated heterocycles. The molecule has 0 spiro atoms. The number of aliphatic imine (C=N–C) groups is 1. The Bertz CT molecular complexity index is 512. The van der Waals surface area contributed by atoms with Crippen LogP contribution in [0.4, 0.5) is 10.1 Å². The molecule has 0 unspecified atom stereocenters. The third-order valence-electron chi connectivity index (χ3n) is 1.92. The van der Waals surface area contributed by atoms with E-state index in [2.05, 4.69) is 9.73 Å². The average molecular weight is 260 g/mol. The maximum atomic E-state index is 13.6. The van der Waals surface area contributed by atoms with Crippen LogP contribution >= 0.6 is 11.6 Å². The van der Waals surface area contributed by atoms with Crippen LogP contribution in [0.25, 0.3) is 0 Å². The Morgan fingerprint density at radius 3 is 2.65 bits per heavy atom. The Labute approximate surface area is 101 Å². The first-order valence-electron chi connectivity index (χ1n) is 4.29. The van der Waals surface area contributed by atoms with Gasteiger partial charge < -0.3 is 9.47 Å². The molecular weight excluding hydrogens is 253 g/mol. The number of rotatable bonds is 3. The van der Waals surface area contributed by atoms with E-state index in [0.29, 0.717) is 0 Å². The van der Waals surface area contributed by atoms with Crippen LogP contribution in [0.1, 0.15) is 10.4 Å². The molecule has 0 N–H and O–H groups in total. The third-order valence-corrected chi connectivity index (χ3v) is 2.29. The fourth-order valence-electron chi connectivity index (χ4n) is 1.17. The zero-order chi connectivity index (χ0) is 13.0. The molecule has 0 radical (unpaired) electrons. The van der Waals surface area contributed by atoms with Crippen molar-refractivity contribution >= 4 is 29.3 Å². The molecule has 1 aromatic carbocycles. The first kappa shape index (κ1) is 13.2. The van der Waals surface area contributed by atoms with E-state index < -0.39 is 17.5 Å². The average Bonchev–Trinajstić information content (AvgIpc) is 2.32. The Kier molecular flexibility index (Phi) is 4.20. The summed E-state index contributed by atoms with van der Waals surface area (Å²) in [5, 5.41) is -0.248. The number of hydrogen-bond acceptors (Lipinski definition) is 5. The molecule has 90 valence electrons. The number of benzene rings is 1. The number of methoxy groups -OCH3 is 2. The highest BCUT2D eigenvalue weighted by molar-refractivity contribution is 6.35. The highest BCUT2D eigenvalue weighted by Gasteiger charge is 2.22. The van der Waals surface area contributed by atoms with E-state index in [1.54, 1.807) is 0 Å². The van der Waals surface area contributed by atoms with E-state index in [9.17, 15) is 14.0 Å². The Balaban J connectivity index is 3.57. The van der Waals surface area contributed by atoms with Crippen LogP contribution in [0.15, 0.2) is 11.1 Å². The number of esters is 1. The van der Waals surface area contributed by atoms with Crippen molar-refractivity contribution in [2.75, 3.05) is 14.2 Å². The minimum absolute atomic E-state index is 0.151. The van der Waals surface area contributed by atoms with Crippen molar-refractivity contribution < 1.29 is 23.5 Å². The van der Waals surface area contributed by atoms with Gasteiger partial charge in [0, 0.05) is 0 Å². The fraction of sp³-hybridized carbons (Fsp3) is 0.200. The van der Waals surface area contributed by atoms with E-state index >= 15 is 0 Å². The molecule has 0 amide bonds. The SMILES string of the molecule is COC(=O)c1cc(N=C=O)c(F)c(OC)c1Cl. The van der Waals surface area contributed by atoms with Gasteiger partial charge in [-0.1, -0.05) is 11.6 Å². The van der Waals surface area contributed by atoms with Crippen LogP contribution in [0.3, 0.4) is 0 Å². The standard InChI is InChI=1S/C10H7ClFNO4/c1-16-9-7(11)5(10(15)17-2)3-6(8(9)12)13-4-14/h3H,1-2H3. The van der Waals surface area contributed by atoms with Gasteiger partial charge in [0.2, 0.25) is 6.08 Å². The molecule has 0 atom stereocenters. The van der Waals surface area contributed by atoms with Gasteiger partial charge >= 0.3 is 5.97 Å². The van der Waals surface area contributed by atoms with Crippen molar-refractivity contribution in [3.63, 3.8) is 0 Å². The molecule has 0 aliphatic rings. The lowest BCUT2D eigenvalue weighted by atomic mass is 10.1. The van der Waals surface area contributed by atoms with Gasteiger partial charge in [-0.15, -0.1) is 0 Å². The normalized spacial score (nSPS) is 9.41. The monoisotopic (exact) mass is 259 g/mol. The van der Waals surface area contributed by atoms with Crippen molar-refractivity contribution in [3.8, 4) is 5.75 Å². The van der Waals surface area contributed by atoms with Crippen molar-refractivity contribution in [1.82, 2.24) is 0 Å². The van der Waals surface area contributed by atoms with E-state index in [0.717, 1.165) is 19.3 Å². The van der Waals surface area contributed by atoms with Gasteiger partial charge in [0.05, 0.1) is 19.8 Å². The first-order chi connectivity index (χ1) is 8.06. The Hall–Kier alpha value is -1.91. The van der Waals surface area contributed by atoms with E-state index in [-0.39, 0.29) is 16.3 Å². The van der Waals surface area contributed by atoms with E-state index in [1.165, 1.54) is 7.11 Å². The zero-order valence-electron chi connectivity index (χ0n) is 8.91. The number of halogens is 2. The largest absolute Gasteiger partial charge is 0.492 e. The van der Waals surface area contributed by atoms with Crippen LogP contribution < -0.4 is 4.74 Å². The summed E-state index contributed by atoms with van der Waals surface area (Å²) < 4.78 is 22.8. The van der Waals surface area contributed by atoms with E-state index in [1.807, 2.05) is 0 Å². The second-order valence-corrected chi connectivity index (χ2v) is 3.18. The molecule has 1 aromatic rings. The molecule has 0 aliphatic heterocycles. The van der Waals surface area contributed by atoms with Gasteiger partial charge in [-0.25, -0.2) is 14.0 Å². The molecule has 17 heavy (non-hydrogen) atoms. The van der Waals surface area contributed by atoms with Crippen molar-refractivity contribution in [2.45, 2.75) is 0 Å². The lowest BCUT2D eigenvalue weighted by molar-refractivity contribution is 0.0600. The van der Waals surface area contributed by atoms with Crippen LogP contribution in [0, 0.1) is 5.82 Å². The summed E-state index contributed by atoms with van der Waals surface area (Å²) in [6.07, 6.45) is 1.16. The molecule has 0 fully saturated rings. The summed E-state index contributed by atoms with van der Waals surface area (Å²) in [7, 11) is 2.30. The summed E-state index contributed by atoms with van der Waals surface area (Å²) in [4.78, 5) is 24.6. The number of carbonyl (C=O) groups excluding carboxylic acids is 2. The molecule has 5 nitrogen and oxygen atoms in total. The molecule has 0 aromatic heterocycles. The second-order valence-electron chi connectivity index (χ2n) is 2.80. The summed E-state index contributed by atoms with van der Waals surface area (Å²) in [6.45, 7) is 0. The molecule has 0 bridgehead atoms. The molecule has 0 heterocycles. The fourth-order valence-corrected chi connectivity index (χ4v) is 1.46. The van der Waals surface area contributed by atoms with Crippen molar-refractivity contribution in [3.05, 3.63) is 22.5 Å². The lowest BCUT2D eigenvalue weighted by Gasteiger charge is -2.09. The maximum absolute atomic E-state index is 13.6. The number of nitrogens with zero attached hydrogens (tertiary/aromatic N) is 1. The number of isocyanates is 1. The summed E-state index contributed by atoms with van der Waals surface area (Å²) in [5.74, 6) is -2.13. The minimum atomic E-state index is -0.950. The zero-order valence-corrected chi connectivity index (χ0v) is 9.67. The van der Waals surface area contributed by atoms with Gasteiger partial charge in [-0.05, 0) is 6.07 Å². The van der Waals surface area contributed by atoms with Gasteiger partial charge in [0.15, 0.2) is 11.6 Å². The Morgan fingerprint density at radius 1 is 1.53 bits per heavy atom. The third kappa shape index (κ3) is 2.43. The predicted molar refractivity (Wildman–Crippen MR) is 57.1 cm³/mol. The smallest absolute Gasteiger partial charge is 0.339 e. The molecule has 0 saturated carbocycles. The van der Waals surface area contributed by atoms with Crippen LogP contribution in [0.2, 0.25) is 5.02 Å². The summed E-state index contributed by atoms with van der Waals surface area (Å²) in [6, 6.07) is 0.983. The van der Waals surface area contributed by atoms with Gasteiger partial charge in [0.25, 0.3) is 0 Å². The van der Waals surface area contributed by atoms with Crippen LogP contribution in [0.5, 0.6) is 5.75 Å². The molecule has 0 aliphatic carbocycles.